The van der Waals surface area contributed by atoms with E-state index in [9.17, 15) is 9.90 Å². The number of benzene rings is 2. The Morgan fingerprint density at radius 1 is 1.17 bits per heavy atom. The van der Waals surface area contributed by atoms with Crippen LogP contribution in [0.5, 0.6) is 0 Å². The lowest BCUT2D eigenvalue weighted by molar-refractivity contribution is -0.154. The summed E-state index contributed by atoms with van der Waals surface area (Å²) in [6, 6.07) is 16.1. The summed E-state index contributed by atoms with van der Waals surface area (Å²) in [7, 11) is 1.83. The van der Waals surface area contributed by atoms with Gasteiger partial charge >= 0.3 is 5.97 Å². The predicted octanol–water partition coefficient (Wildman–Crippen LogP) is 3.44. The number of rotatable bonds is 6. The number of aliphatic hydroxyl groups is 1. The molecule has 2 atom stereocenters. The van der Waals surface area contributed by atoms with Crippen molar-refractivity contribution in [3.8, 4) is 0 Å². The number of carbonyl (C=O) groups is 1. The third-order valence-electron chi connectivity index (χ3n) is 3.62. The summed E-state index contributed by atoms with van der Waals surface area (Å²) in [6.07, 6.45) is -1.30. The van der Waals surface area contributed by atoms with E-state index in [4.69, 9.17) is 16.3 Å². The molecule has 0 spiro atoms. The number of likely N-dealkylation sites (N-methyl/N-ethyl adjacent to an activating group) is 1. The van der Waals surface area contributed by atoms with Gasteiger partial charge in [-0.25, -0.2) is 4.79 Å². The lowest BCUT2D eigenvalue weighted by Gasteiger charge is -2.33. The van der Waals surface area contributed by atoms with Gasteiger partial charge in [-0.3, -0.25) is 0 Å². The molecule has 0 fully saturated rings. The fraction of sp³-hybridized carbons (Fsp3) is 0.278. The number of hydrogen-bond acceptors (Lipinski definition) is 4. The van der Waals surface area contributed by atoms with Gasteiger partial charge in [0.15, 0.2) is 6.10 Å². The van der Waals surface area contributed by atoms with Gasteiger partial charge in [-0.15, -0.1) is 0 Å². The Labute approximate surface area is 141 Å². The highest BCUT2D eigenvalue weighted by atomic mass is 35.5. The van der Waals surface area contributed by atoms with Crippen molar-refractivity contribution in [3.05, 3.63) is 65.2 Å². The van der Waals surface area contributed by atoms with Crippen LogP contribution in [0.25, 0.3) is 0 Å². The molecule has 0 amide bonds. The van der Waals surface area contributed by atoms with Crippen molar-refractivity contribution in [2.45, 2.75) is 19.1 Å². The van der Waals surface area contributed by atoms with E-state index in [2.05, 4.69) is 0 Å². The summed E-state index contributed by atoms with van der Waals surface area (Å²) in [5.41, 5.74) is 1.66. The third-order valence-corrected chi connectivity index (χ3v) is 3.87. The molecule has 0 aromatic heterocycles. The molecule has 122 valence electrons. The van der Waals surface area contributed by atoms with Crippen LogP contribution in [0.3, 0.4) is 0 Å². The van der Waals surface area contributed by atoms with Crippen molar-refractivity contribution in [2.24, 2.45) is 0 Å². The normalized spacial score (nSPS) is 13.2. The monoisotopic (exact) mass is 333 g/mol. The average Bonchev–Trinajstić information content (AvgIpc) is 2.57. The van der Waals surface area contributed by atoms with Gasteiger partial charge in [0, 0.05) is 17.8 Å². The van der Waals surface area contributed by atoms with Gasteiger partial charge in [0.2, 0.25) is 0 Å². The first kappa shape index (κ1) is 17.3. The van der Waals surface area contributed by atoms with E-state index >= 15 is 0 Å². The number of nitrogens with zero attached hydrogens (tertiary/aromatic N) is 1. The Balaban J connectivity index is 2.38. The van der Waals surface area contributed by atoms with Crippen LogP contribution in [-0.2, 0) is 9.53 Å². The molecule has 0 aliphatic carbocycles. The molecule has 0 aliphatic rings. The van der Waals surface area contributed by atoms with E-state index in [1.54, 1.807) is 31.2 Å². The number of hydrogen-bond donors (Lipinski definition) is 1. The molecule has 0 heterocycles. The Morgan fingerprint density at radius 3 is 2.35 bits per heavy atom. The number of esters is 1. The first-order chi connectivity index (χ1) is 11.0. The molecule has 2 rings (SSSR count). The Hall–Kier alpha value is -2.04. The summed E-state index contributed by atoms with van der Waals surface area (Å²) < 4.78 is 4.97. The van der Waals surface area contributed by atoms with Crippen LogP contribution in [-0.4, -0.2) is 30.8 Å². The molecule has 5 heteroatoms. The SMILES string of the molecule is CCOC(=O)C(O)C(c1ccc(Cl)cc1)N(C)c1ccccc1. The third kappa shape index (κ3) is 4.24. The number of halogens is 1. The number of carbonyl (C=O) groups excluding carboxylic acids is 1. The predicted molar refractivity (Wildman–Crippen MR) is 91.7 cm³/mol. The van der Waals surface area contributed by atoms with Gasteiger partial charge in [-0.2, -0.15) is 0 Å². The van der Waals surface area contributed by atoms with Crippen molar-refractivity contribution in [3.63, 3.8) is 0 Å². The van der Waals surface area contributed by atoms with E-state index in [1.165, 1.54) is 0 Å². The highest BCUT2D eigenvalue weighted by Gasteiger charge is 2.32. The number of anilines is 1. The number of aliphatic hydroxyl groups excluding tert-OH is 1. The topological polar surface area (TPSA) is 49.8 Å². The molecule has 0 saturated carbocycles. The van der Waals surface area contributed by atoms with Crippen molar-refractivity contribution in [1.29, 1.82) is 0 Å². The van der Waals surface area contributed by atoms with Gasteiger partial charge in [0.05, 0.1) is 12.6 Å². The van der Waals surface area contributed by atoms with Gasteiger partial charge in [0.1, 0.15) is 0 Å². The van der Waals surface area contributed by atoms with Gasteiger partial charge in [-0.05, 0) is 36.8 Å². The highest BCUT2D eigenvalue weighted by Crippen LogP contribution is 2.29. The fourth-order valence-electron chi connectivity index (χ4n) is 2.46. The van der Waals surface area contributed by atoms with Gasteiger partial charge < -0.3 is 14.7 Å². The molecule has 0 saturated heterocycles. The van der Waals surface area contributed by atoms with E-state index in [1.807, 2.05) is 42.3 Å². The first-order valence-electron chi connectivity index (χ1n) is 7.42. The zero-order valence-electron chi connectivity index (χ0n) is 13.1. The second-order valence-electron chi connectivity index (χ2n) is 5.14. The smallest absolute Gasteiger partial charge is 0.337 e. The molecule has 0 radical (unpaired) electrons. The minimum absolute atomic E-state index is 0.221. The summed E-state index contributed by atoms with van der Waals surface area (Å²) in [5, 5.41) is 11.1. The van der Waals surface area contributed by atoms with Crippen LogP contribution in [0.15, 0.2) is 54.6 Å². The maximum atomic E-state index is 12.0. The average molecular weight is 334 g/mol. The summed E-state index contributed by atoms with van der Waals surface area (Å²) in [6.45, 7) is 1.93. The van der Waals surface area contributed by atoms with E-state index < -0.39 is 18.1 Å². The number of ether oxygens (including phenoxy) is 1. The zero-order chi connectivity index (χ0) is 16.8. The van der Waals surface area contributed by atoms with Gasteiger partial charge in [-0.1, -0.05) is 41.9 Å². The standard InChI is InChI=1S/C18H20ClNO3/c1-3-23-18(22)17(21)16(13-9-11-14(19)12-10-13)20(2)15-7-5-4-6-8-15/h4-12,16-17,21H,3H2,1-2H3. The van der Waals surface area contributed by atoms with E-state index in [0.717, 1.165) is 11.3 Å². The summed E-state index contributed by atoms with van der Waals surface area (Å²) in [5.74, 6) is -0.643. The van der Waals surface area contributed by atoms with Gasteiger partial charge in [0.25, 0.3) is 0 Å². The largest absolute Gasteiger partial charge is 0.464 e. The Morgan fingerprint density at radius 2 is 1.78 bits per heavy atom. The van der Waals surface area contributed by atoms with Crippen LogP contribution < -0.4 is 4.90 Å². The first-order valence-corrected chi connectivity index (χ1v) is 7.80. The maximum absolute atomic E-state index is 12.0. The van der Waals surface area contributed by atoms with E-state index in [0.29, 0.717) is 5.02 Å². The lowest BCUT2D eigenvalue weighted by Crippen LogP contribution is -2.39. The summed E-state index contributed by atoms with van der Waals surface area (Å²) in [4.78, 5) is 13.9. The Kier molecular flexibility index (Phi) is 6.02. The van der Waals surface area contributed by atoms with Crippen LogP contribution in [0, 0.1) is 0 Å². The summed E-state index contributed by atoms with van der Waals surface area (Å²) >= 11 is 5.94. The van der Waals surface area contributed by atoms with Crippen molar-refractivity contribution in [1.82, 2.24) is 0 Å². The molecule has 4 nitrogen and oxygen atoms in total. The molecule has 2 aromatic rings. The van der Waals surface area contributed by atoms with Crippen molar-refractivity contribution in [2.75, 3.05) is 18.6 Å². The molecule has 23 heavy (non-hydrogen) atoms. The van der Waals surface area contributed by atoms with Crippen LogP contribution in [0.2, 0.25) is 5.02 Å². The Bertz CT molecular complexity index is 630. The lowest BCUT2D eigenvalue weighted by atomic mass is 9.99. The molecule has 1 N–H and O–H groups in total. The van der Waals surface area contributed by atoms with Crippen LogP contribution >= 0.6 is 11.6 Å². The second kappa shape index (κ2) is 7.99. The molecule has 2 aromatic carbocycles. The highest BCUT2D eigenvalue weighted by molar-refractivity contribution is 6.30. The van der Waals surface area contributed by atoms with Crippen LogP contribution in [0.4, 0.5) is 5.69 Å². The van der Waals surface area contributed by atoms with Crippen LogP contribution in [0.1, 0.15) is 18.5 Å². The minimum atomic E-state index is -1.30. The quantitative estimate of drug-likeness (QED) is 0.823. The molecular formula is C18H20ClNO3. The molecule has 0 aliphatic heterocycles. The molecule has 2 unspecified atom stereocenters. The van der Waals surface area contributed by atoms with E-state index in [-0.39, 0.29) is 6.61 Å². The molecule has 0 bridgehead atoms. The maximum Gasteiger partial charge on any atom is 0.337 e. The zero-order valence-corrected chi connectivity index (χ0v) is 13.9. The van der Waals surface area contributed by atoms with Crippen molar-refractivity contribution < 1.29 is 14.6 Å². The fourth-order valence-corrected chi connectivity index (χ4v) is 2.58. The molecular weight excluding hydrogens is 314 g/mol. The van der Waals surface area contributed by atoms with Crippen molar-refractivity contribution >= 4 is 23.3 Å². The second-order valence-corrected chi connectivity index (χ2v) is 5.58. The minimum Gasteiger partial charge on any atom is -0.464 e. The number of para-hydroxylation sites is 1.